The van der Waals surface area contributed by atoms with E-state index in [1.807, 2.05) is 0 Å². The van der Waals surface area contributed by atoms with Crippen LogP contribution in [0.15, 0.2) is 0 Å². The van der Waals surface area contributed by atoms with Crippen LogP contribution in [-0.2, 0) is 14.3 Å². The standard InChI is InChI=1S/C22H44O4/c1-3-5-7-9-10-11-12-13-14-16-18-25-20-21(19-23)26-22(24)17-15-8-6-4-2/h21,23H,3-20H2,1-2H3. The van der Waals surface area contributed by atoms with E-state index < -0.39 is 6.10 Å². The van der Waals surface area contributed by atoms with Crippen molar-refractivity contribution in [3.8, 4) is 0 Å². The summed E-state index contributed by atoms with van der Waals surface area (Å²) in [6.07, 6.45) is 17.2. The summed E-state index contributed by atoms with van der Waals surface area (Å²) >= 11 is 0. The molecule has 1 N–H and O–H groups in total. The van der Waals surface area contributed by atoms with E-state index in [0.29, 0.717) is 19.6 Å². The van der Waals surface area contributed by atoms with Crippen molar-refractivity contribution in [2.24, 2.45) is 0 Å². The fourth-order valence-corrected chi connectivity index (χ4v) is 2.97. The van der Waals surface area contributed by atoms with Gasteiger partial charge in [-0.1, -0.05) is 90.9 Å². The van der Waals surface area contributed by atoms with Crippen molar-refractivity contribution in [3.05, 3.63) is 0 Å². The van der Waals surface area contributed by atoms with Gasteiger partial charge in [-0.3, -0.25) is 4.79 Å². The van der Waals surface area contributed by atoms with Gasteiger partial charge in [-0.05, 0) is 12.8 Å². The van der Waals surface area contributed by atoms with Crippen molar-refractivity contribution in [1.82, 2.24) is 0 Å². The van der Waals surface area contributed by atoms with Crippen LogP contribution in [0.5, 0.6) is 0 Å². The highest BCUT2D eigenvalue weighted by Crippen LogP contribution is 2.10. The quantitative estimate of drug-likeness (QED) is 0.217. The number of hydrogen-bond acceptors (Lipinski definition) is 4. The zero-order valence-electron chi connectivity index (χ0n) is 17.5. The van der Waals surface area contributed by atoms with Crippen LogP contribution in [0.3, 0.4) is 0 Å². The van der Waals surface area contributed by atoms with Gasteiger partial charge in [0.05, 0.1) is 13.2 Å². The fraction of sp³-hybridized carbons (Fsp3) is 0.955. The smallest absolute Gasteiger partial charge is 0.306 e. The fourth-order valence-electron chi connectivity index (χ4n) is 2.97. The first-order valence-corrected chi connectivity index (χ1v) is 11.1. The first-order valence-electron chi connectivity index (χ1n) is 11.1. The molecular formula is C22H44O4. The highest BCUT2D eigenvalue weighted by molar-refractivity contribution is 5.69. The minimum atomic E-state index is -0.517. The van der Waals surface area contributed by atoms with E-state index in [1.54, 1.807) is 0 Å². The lowest BCUT2D eigenvalue weighted by atomic mass is 10.1. The number of rotatable bonds is 20. The molecule has 0 saturated heterocycles. The molecule has 0 amide bonds. The number of unbranched alkanes of at least 4 members (excludes halogenated alkanes) is 12. The molecule has 4 nitrogen and oxygen atoms in total. The van der Waals surface area contributed by atoms with Gasteiger partial charge < -0.3 is 14.6 Å². The average Bonchev–Trinajstić information content (AvgIpc) is 2.65. The molecule has 0 aliphatic carbocycles. The van der Waals surface area contributed by atoms with Gasteiger partial charge in [-0.15, -0.1) is 0 Å². The minimum Gasteiger partial charge on any atom is -0.457 e. The first-order chi connectivity index (χ1) is 12.7. The van der Waals surface area contributed by atoms with E-state index in [1.165, 1.54) is 57.8 Å². The molecule has 0 aromatic carbocycles. The predicted octanol–water partition coefficient (Wildman–Crippen LogP) is 5.80. The molecule has 0 rings (SSSR count). The molecule has 156 valence electrons. The molecule has 0 saturated carbocycles. The Morgan fingerprint density at radius 2 is 1.27 bits per heavy atom. The number of esters is 1. The molecule has 0 aromatic rings. The summed E-state index contributed by atoms with van der Waals surface area (Å²) < 4.78 is 10.8. The van der Waals surface area contributed by atoms with Crippen LogP contribution in [0.25, 0.3) is 0 Å². The number of carbonyl (C=O) groups excluding carboxylic acids is 1. The number of ether oxygens (including phenoxy) is 2. The number of aliphatic hydroxyl groups excluding tert-OH is 1. The van der Waals surface area contributed by atoms with E-state index in [-0.39, 0.29) is 12.6 Å². The SMILES string of the molecule is CCCCCCCCCCCCOCC(CO)OC(=O)CCCCCC. The first kappa shape index (κ1) is 25.4. The number of aliphatic hydroxyl groups is 1. The molecule has 0 aliphatic heterocycles. The maximum Gasteiger partial charge on any atom is 0.306 e. The molecule has 0 aliphatic rings. The van der Waals surface area contributed by atoms with Crippen LogP contribution in [0, 0.1) is 0 Å². The average molecular weight is 373 g/mol. The van der Waals surface area contributed by atoms with Crippen LogP contribution in [0.1, 0.15) is 110 Å². The molecule has 0 bridgehead atoms. The summed E-state index contributed by atoms with van der Waals surface area (Å²) in [6.45, 7) is 5.21. The van der Waals surface area contributed by atoms with E-state index in [9.17, 15) is 9.90 Å². The minimum absolute atomic E-state index is 0.168. The number of carbonyl (C=O) groups is 1. The van der Waals surface area contributed by atoms with Crippen molar-refractivity contribution in [2.45, 2.75) is 116 Å². The lowest BCUT2D eigenvalue weighted by Crippen LogP contribution is -2.27. The Morgan fingerprint density at radius 3 is 1.81 bits per heavy atom. The highest BCUT2D eigenvalue weighted by Gasteiger charge is 2.13. The molecule has 1 atom stereocenters. The van der Waals surface area contributed by atoms with E-state index in [2.05, 4.69) is 13.8 Å². The van der Waals surface area contributed by atoms with Gasteiger partial charge in [0.15, 0.2) is 0 Å². The van der Waals surface area contributed by atoms with Crippen molar-refractivity contribution in [2.75, 3.05) is 19.8 Å². The Labute approximate surface area is 162 Å². The molecule has 4 heteroatoms. The lowest BCUT2D eigenvalue weighted by Gasteiger charge is -2.15. The molecule has 0 aromatic heterocycles. The zero-order chi connectivity index (χ0) is 19.3. The molecular weight excluding hydrogens is 328 g/mol. The van der Waals surface area contributed by atoms with E-state index >= 15 is 0 Å². The Hall–Kier alpha value is -0.610. The second kappa shape index (κ2) is 20.7. The molecule has 0 spiro atoms. The Balaban J connectivity index is 3.41. The van der Waals surface area contributed by atoms with Crippen molar-refractivity contribution in [3.63, 3.8) is 0 Å². The molecule has 1 unspecified atom stereocenters. The Bertz CT molecular complexity index is 294. The molecule has 0 heterocycles. The monoisotopic (exact) mass is 372 g/mol. The summed E-state index contributed by atoms with van der Waals surface area (Å²) in [5.41, 5.74) is 0. The van der Waals surface area contributed by atoms with Crippen LogP contribution in [-0.4, -0.2) is 37.0 Å². The van der Waals surface area contributed by atoms with Crippen LogP contribution < -0.4 is 0 Å². The zero-order valence-corrected chi connectivity index (χ0v) is 17.5. The van der Waals surface area contributed by atoms with Gasteiger partial charge in [0, 0.05) is 13.0 Å². The van der Waals surface area contributed by atoms with Crippen LogP contribution in [0.4, 0.5) is 0 Å². The van der Waals surface area contributed by atoms with Crippen molar-refractivity contribution < 1.29 is 19.4 Å². The maximum absolute atomic E-state index is 11.7. The predicted molar refractivity (Wildman–Crippen MR) is 108 cm³/mol. The molecule has 0 radical (unpaired) electrons. The topological polar surface area (TPSA) is 55.8 Å². The maximum atomic E-state index is 11.7. The lowest BCUT2D eigenvalue weighted by molar-refractivity contribution is -0.154. The summed E-state index contributed by atoms with van der Waals surface area (Å²) in [5.74, 6) is -0.220. The third kappa shape index (κ3) is 18.2. The van der Waals surface area contributed by atoms with Gasteiger partial charge >= 0.3 is 5.97 Å². The molecule has 26 heavy (non-hydrogen) atoms. The van der Waals surface area contributed by atoms with Gasteiger partial charge in [-0.2, -0.15) is 0 Å². The van der Waals surface area contributed by atoms with E-state index in [4.69, 9.17) is 9.47 Å². The third-order valence-electron chi connectivity index (χ3n) is 4.68. The Kier molecular flexibility index (Phi) is 20.2. The number of hydrogen-bond donors (Lipinski definition) is 1. The third-order valence-corrected chi connectivity index (χ3v) is 4.68. The highest BCUT2D eigenvalue weighted by atomic mass is 16.6. The molecule has 0 fully saturated rings. The summed E-state index contributed by atoms with van der Waals surface area (Å²) in [6, 6.07) is 0. The Morgan fingerprint density at radius 1 is 0.769 bits per heavy atom. The van der Waals surface area contributed by atoms with E-state index in [0.717, 1.165) is 32.1 Å². The second-order valence-corrected chi connectivity index (χ2v) is 7.36. The van der Waals surface area contributed by atoms with Crippen LogP contribution in [0.2, 0.25) is 0 Å². The van der Waals surface area contributed by atoms with Crippen LogP contribution >= 0.6 is 0 Å². The van der Waals surface area contributed by atoms with Gasteiger partial charge in [0.25, 0.3) is 0 Å². The summed E-state index contributed by atoms with van der Waals surface area (Å²) in [5, 5.41) is 9.30. The van der Waals surface area contributed by atoms with Gasteiger partial charge in [0.1, 0.15) is 6.10 Å². The van der Waals surface area contributed by atoms with Gasteiger partial charge in [-0.25, -0.2) is 0 Å². The summed E-state index contributed by atoms with van der Waals surface area (Å²) in [4.78, 5) is 11.7. The van der Waals surface area contributed by atoms with Crippen molar-refractivity contribution >= 4 is 5.97 Å². The second-order valence-electron chi connectivity index (χ2n) is 7.36. The normalized spacial score (nSPS) is 12.3. The summed E-state index contributed by atoms with van der Waals surface area (Å²) in [7, 11) is 0. The van der Waals surface area contributed by atoms with Gasteiger partial charge in [0.2, 0.25) is 0 Å². The van der Waals surface area contributed by atoms with Crippen molar-refractivity contribution in [1.29, 1.82) is 0 Å². The largest absolute Gasteiger partial charge is 0.457 e.